The predicted octanol–water partition coefficient (Wildman–Crippen LogP) is 5.64. The molecule has 0 amide bonds. The maximum Gasteiger partial charge on any atom is 0.0486 e. The van der Waals surface area contributed by atoms with E-state index >= 15 is 0 Å². The summed E-state index contributed by atoms with van der Waals surface area (Å²) >= 11 is 6.17. The van der Waals surface area contributed by atoms with E-state index in [9.17, 15) is 0 Å². The second-order valence-electron chi connectivity index (χ2n) is 7.27. The zero-order valence-corrected chi connectivity index (χ0v) is 15.6. The van der Waals surface area contributed by atoms with Crippen molar-refractivity contribution in [3.63, 3.8) is 0 Å². The Kier molecular flexibility index (Phi) is 4.82. The van der Waals surface area contributed by atoms with Crippen LogP contribution in [-0.4, -0.2) is 22.6 Å². The average molecular weight is 353 g/mol. The van der Waals surface area contributed by atoms with Gasteiger partial charge in [-0.15, -0.1) is 0 Å². The molecule has 130 valence electrons. The molecule has 1 aliphatic rings. The summed E-state index contributed by atoms with van der Waals surface area (Å²) in [4.78, 5) is 2.60. The number of rotatable bonds is 4. The molecule has 25 heavy (non-hydrogen) atoms. The lowest BCUT2D eigenvalue weighted by atomic mass is 10.1. The van der Waals surface area contributed by atoms with Gasteiger partial charge in [-0.1, -0.05) is 41.8 Å². The summed E-state index contributed by atoms with van der Waals surface area (Å²) in [7, 11) is 0. The van der Waals surface area contributed by atoms with Gasteiger partial charge in [0.1, 0.15) is 0 Å². The molecule has 0 saturated carbocycles. The highest BCUT2D eigenvalue weighted by atomic mass is 35.5. The zero-order chi connectivity index (χ0) is 17.2. The van der Waals surface area contributed by atoms with Gasteiger partial charge >= 0.3 is 0 Å². The van der Waals surface area contributed by atoms with Crippen LogP contribution >= 0.6 is 11.6 Å². The Balaban J connectivity index is 1.69. The van der Waals surface area contributed by atoms with Crippen molar-refractivity contribution in [2.24, 2.45) is 0 Å². The molecular weight excluding hydrogens is 328 g/mol. The Hall–Kier alpha value is -1.77. The molecule has 4 rings (SSSR count). The van der Waals surface area contributed by atoms with Crippen molar-refractivity contribution in [3.05, 3.63) is 70.4 Å². The van der Waals surface area contributed by atoms with E-state index in [2.05, 4.69) is 52.9 Å². The van der Waals surface area contributed by atoms with Gasteiger partial charge in [0.15, 0.2) is 0 Å². The summed E-state index contributed by atoms with van der Waals surface area (Å²) in [5, 5.41) is 2.20. The molecule has 2 heterocycles. The second-order valence-corrected chi connectivity index (χ2v) is 7.71. The second kappa shape index (κ2) is 7.23. The van der Waals surface area contributed by atoms with E-state index in [0.717, 1.165) is 18.1 Å². The first-order valence-corrected chi connectivity index (χ1v) is 9.62. The highest BCUT2D eigenvalue weighted by molar-refractivity contribution is 6.30. The van der Waals surface area contributed by atoms with Crippen molar-refractivity contribution in [2.75, 3.05) is 13.1 Å². The molecule has 1 aromatic heterocycles. The number of halogens is 1. The monoisotopic (exact) mass is 352 g/mol. The van der Waals surface area contributed by atoms with Gasteiger partial charge in [-0.2, -0.15) is 0 Å². The summed E-state index contributed by atoms with van der Waals surface area (Å²) in [5.41, 5.74) is 5.34. The van der Waals surface area contributed by atoms with Gasteiger partial charge < -0.3 is 4.57 Å². The third-order valence-corrected chi connectivity index (χ3v) is 5.44. The molecule has 0 bridgehead atoms. The average Bonchev–Trinajstić information content (AvgIpc) is 2.92. The molecule has 1 fully saturated rings. The van der Waals surface area contributed by atoms with E-state index in [4.69, 9.17) is 11.6 Å². The molecule has 1 saturated heterocycles. The molecular formula is C22H25ClN2. The van der Waals surface area contributed by atoms with Crippen LogP contribution in [0.2, 0.25) is 5.02 Å². The van der Waals surface area contributed by atoms with Crippen molar-refractivity contribution in [1.82, 2.24) is 9.47 Å². The van der Waals surface area contributed by atoms with Gasteiger partial charge in [-0.3, -0.25) is 4.90 Å². The van der Waals surface area contributed by atoms with Crippen LogP contribution in [0.5, 0.6) is 0 Å². The van der Waals surface area contributed by atoms with Crippen LogP contribution in [0, 0.1) is 6.92 Å². The number of aromatic nitrogens is 1. The minimum Gasteiger partial charge on any atom is -0.343 e. The largest absolute Gasteiger partial charge is 0.343 e. The molecule has 0 atom stereocenters. The number of benzene rings is 2. The summed E-state index contributed by atoms with van der Waals surface area (Å²) in [6.45, 7) is 6.56. The summed E-state index contributed by atoms with van der Waals surface area (Å²) < 4.78 is 2.37. The van der Waals surface area contributed by atoms with Crippen LogP contribution in [0.3, 0.4) is 0 Å². The molecule has 3 aromatic rings. The lowest BCUT2D eigenvalue weighted by Crippen LogP contribution is -2.28. The quantitative estimate of drug-likeness (QED) is 0.590. The third kappa shape index (κ3) is 3.75. The minimum absolute atomic E-state index is 0.804. The number of aryl methyl sites for hydroxylation is 1. The van der Waals surface area contributed by atoms with E-state index in [-0.39, 0.29) is 0 Å². The van der Waals surface area contributed by atoms with Crippen LogP contribution in [-0.2, 0) is 13.1 Å². The Labute approximate surface area is 155 Å². The Morgan fingerprint density at radius 2 is 1.80 bits per heavy atom. The van der Waals surface area contributed by atoms with Gasteiger partial charge in [0.25, 0.3) is 0 Å². The normalized spacial score (nSPS) is 15.8. The lowest BCUT2D eigenvalue weighted by Gasteiger charge is -2.26. The van der Waals surface area contributed by atoms with Crippen molar-refractivity contribution >= 4 is 22.5 Å². The molecule has 0 spiro atoms. The van der Waals surface area contributed by atoms with Crippen LogP contribution in [0.25, 0.3) is 10.9 Å². The molecule has 2 nitrogen and oxygen atoms in total. The number of fused-ring (bicyclic) bond motifs is 1. The standard InChI is InChI=1S/C22H25ClN2/c1-17-8-9-22-21(12-17)19(15-24-10-3-2-4-11-24)16-25(22)14-18-6-5-7-20(23)13-18/h5-9,12-13,16H,2-4,10-11,14-15H2,1H3. The first kappa shape index (κ1) is 16.7. The van der Waals surface area contributed by atoms with Crippen molar-refractivity contribution in [1.29, 1.82) is 0 Å². The fourth-order valence-electron chi connectivity index (χ4n) is 3.93. The number of hydrogen-bond donors (Lipinski definition) is 0. The molecule has 0 radical (unpaired) electrons. The molecule has 2 aromatic carbocycles. The third-order valence-electron chi connectivity index (χ3n) is 5.20. The van der Waals surface area contributed by atoms with Crippen LogP contribution in [0.15, 0.2) is 48.7 Å². The number of piperidine rings is 1. The highest BCUT2D eigenvalue weighted by Gasteiger charge is 2.15. The molecule has 0 N–H and O–H groups in total. The summed E-state index contributed by atoms with van der Waals surface area (Å²) in [6.07, 6.45) is 6.39. The Morgan fingerprint density at radius 1 is 0.960 bits per heavy atom. The maximum absolute atomic E-state index is 6.17. The smallest absolute Gasteiger partial charge is 0.0486 e. The molecule has 0 aliphatic carbocycles. The number of hydrogen-bond acceptors (Lipinski definition) is 1. The van der Waals surface area contributed by atoms with E-state index in [0.29, 0.717) is 0 Å². The lowest BCUT2D eigenvalue weighted by molar-refractivity contribution is 0.221. The molecule has 1 aliphatic heterocycles. The molecule has 0 unspecified atom stereocenters. The highest BCUT2D eigenvalue weighted by Crippen LogP contribution is 2.26. The van der Waals surface area contributed by atoms with E-state index < -0.39 is 0 Å². The van der Waals surface area contributed by atoms with Gasteiger partial charge in [0.2, 0.25) is 0 Å². The van der Waals surface area contributed by atoms with Gasteiger partial charge in [-0.05, 0) is 68.2 Å². The summed E-state index contributed by atoms with van der Waals surface area (Å²) in [5.74, 6) is 0. The van der Waals surface area contributed by atoms with Crippen LogP contribution in [0.4, 0.5) is 0 Å². The fraction of sp³-hybridized carbons (Fsp3) is 0.364. The fourth-order valence-corrected chi connectivity index (χ4v) is 4.14. The zero-order valence-electron chi connectivity index (χ0n) is 14.8. The first-order valence-electron chi connectivity index (χ1n) is 9.24. The maximum atomic E-state index is 6.17. The van der Waals surface area contributed by atoms with Gasteiger partial charge in [0.05, 0.1) is 0 Å². The van der Waals surface area contributed by atoms with E-state index in [1.54, 1.807) is 0 Å². The van der Waals surface area contributed by atoms with Crippen LogP contribution < -0.4 is 0 Å². The van der Waals surface area contributed by atoms with Gasteiger partial charge in [0, 0.05) is 35.2 Å². The first-order chi connectivity index (χ1) is 12.2. The van der Waals surface area contributed by atoms with E-state index in [1.165, 1.54) is 59.9 Å². The Bertz CT molecular complexity index is 875. The minimum atomic E-state index is 0.804. The summed E-state index contributed by atoms with van der Waals surface area (Å²) in [6, 6.07) is 15.0. The van der Waals surface area contributed by atoms with Crippen molar-refractivity contribution < 1.29 is 0 Å². The topological polar surface area (TPSA) is 8.17 Å². The predicted molar refractivity (Wildman–Crippen MR) is 106 cm³/mol. The SMILES string of the molecule is Cc1ccc2c(c1)c(CN1CCCCC1)cn2Cc1cccc(Cl)c1. The van der Waals surface area contributed by atoms with Crippen molar-refractivity contribution in [3.8, 4) is 0 Å². The number of likely N-dealkylation sites (tertiary alicyclic amines) is 1. The van der Waals surface area contributed by atoms with Crippen molar-refractivity contribution in [2.45, 2.75) is 39.3 Å². The number of nitrogens with zero attached hydrogens (tertiary/aromatic N) is 2. The van der Waals surface area contributed by atoms with E-state index in [1.807, 2.05) is 12.1 Å². The van der Waals surface area contributed by atoms with Gasteiger partial charge in [-0.25, -0.2) is 0 Å². The molecule has 3 heteroatoms. The Morgan fingerprint density at radius 3 is 2.60 bits per heavy atom. The van der Waals surface area contributed by atoms with Crippen LogP contribution in [0.1, 0.15) is 36.0 Å².